The number of hydrogen-bond acceptors (Lipinski definition) is 5. The van der Waals surface area contributed by atoms with E-state index in [-0.39, 0.29) is 18.0 Å². The van der Waals surface area contributed by atoms with Crippen molar-refractivity contribution in [2.24, 2.45) is 0 Å². The van der Waals surface area contributed by atoms with E-state index in [0.29, 0.717) is 11.5 Å². The maximum atomic E-state index is 12.1. The van der Waals surface area contributed by atoms with Crippen LogP contribution in [0, 0.1) is 0 Å². The Labute approximate surface area is 123 Å². The summed E-state index contributed by atoms with van der Waals surface area (Å²) in [6, 6.07) is 7.72. The molecule has 0 saturated carbocycles. The number of carbonyl (C=O) groups excluding carboxylic acids is 1. The van der Waals surface area contributed by atoms with Crippen LogP contribution in [0.3, 0.4) is 0 Å². The van der Waals surface area contributed by atoms with Gasteiger partial charge in [0.05, 0.1) is 6.04 Å². The molecule has 110 valence electrons. The molecule has 1 saturated heterocycles. The summed E-state index contributed by atoms with van der Waals surface area (Å²) in [5.74, 6) is 0.288. The Morgan fingerprint density at radius 3 is 2.86 bits per heavy atom. The van der Waals surface area contributed by atoms with Crippen LogP contribution in [-0.4, -0.2) is 22.6 Å². The molecule has 0 spiro atoms. The van der Waals surface area contributed by atoms with E-state index in [2.05, 4.69) is 27.8 Å². The molecule has 6 heteroatoms. The van der Waals surface area contributed by atoms with Gasteiger partial charge in [-0.25, -0.2) is 0 Å². The fourth-order valence-electron chi connectivity index (χ4n) is 2.38. The molecule has 1 unspecified atom stereocenters. The standard InChI is InChI=1S/C15H18N4O2/c1-2-10-5-7-11(8-6-10)13(20)17-15-19-18-14(21-15)12-4-3-9-16-12/h5-8,12,16H,2-4,9H2,1H3,(H,17,19,20). The molecule has 1 aromatic carbocycles. The van der Waals surface area contributed by atoms with Crippen LogP contribution < -0.4 is 10.6 Å². The van der Waals surface area contributed by atoms with Crippen LogP contribution >= 0.6 is 0 Å². The molecule has 6 nitrogen and oxygen atoms in total. The Kier molecular flexibility index (Phi) is 3.96. The van der Waals surface area contributed by atoms with Crippen molar-refractivity contribution < 1.29 is 9.21 Å². The number of carbonyl (C=O) groups is 1. The molecule has 1 aromatic heterocycles. The first-order valence-corrected chi connectivity index (χ1v) is 7.23. The van der Waals surface area contributed by atoms with Crippen LogP contribution in [0.4, 0.5) is 6.01 Å². The van der Waals surface area contributed by atoms with E-state index >= 15 is 0 Å². The zero-order valence-electron chi connectivity index (χ0n) is 11.9. The molecule has 1 fully saturated rings. The van der Waals surface area contributed by atoms with Crippen LogP contribution in [0.15, 0.2) is 28.7 Å². The molecule has 1 aliphatic rings. The Balaban J connectivity index is 1.66. The summed E-state index contributed by atoms with van der Waals surface area (Å²) in [7, 11) is 0. The Morgan fingerprint density at radius 1 is 1.38 bits per heavy atom. The van der Waals surface area contributed by atoms with Gasteiger partial charge >= 0.3 is 6.01 Å². The van der Waals surface area contributed by atoms with Crippen molar-refractivity contribution in [3.05, 3.63) is 41.3 Å². The molecule has 2 heterocycles. The zero-order chi connectivity index (χ0) is 14.7. The fraction of sp³-hybridized carbons (Fsp3) is 0.400. The van der Waals surface area contributed by atoms with Gasteiger partial charge in [0, 0.05) is 5.56 Å². The van der Waals surface area contributed by atoms with Gasteiger partial charge in [-0.3, -0.25) is 10.1 Å². The molecule has 2 aromatic rings. The molecule has 2 N–H and O–H groups in total. The number of nitrogens with zero attached hydrogens (tertiary/aromatic N) is 2. The van der Waals surface area contributed by atoms with Crippen molar-refractivity contribution in [1.29, 1.82) is 0 Å². The highest BCUT2D eigenvalue weighted by atomic mass is 16.4. The normalized spacial score (nSPS) is 17.9. The minimum absolute atomic E-state index is 0.104. The summed E-state index contributed by atoms with van der Waals surface area (Å²) in [5.41, 5.74) is 1.77. The summed E-state index contributed by atoms with van der Waals surface area (Å²) < 4.78 is 5.49. The Morgan fingerprint density at radius 2 is 2.19 bits per heavy atom. The van der Waals surface area contributed by atoms with Gasteiger partial charge < -0.3 is 9.73 Å². The maximum Gasteiger partial charge on any atom is 0.322 e. The Bertz CT molecular complexity index is 615. The lowest BCUT2D eigenvalue weighted by atomic mass is 10.1. The lowest BCUT2D eigenvalue weighted by Crippen LogP contribution is -2.13. The quantitative estimate of drug-likeness (QED) is 0.901. The minimum atomic E-state index is -0.243. The SMILES string of the molecule is CCc1ccc(C(=O)Nc2nnc(C3CCCN3)o2)cc1. The van der Waals surface area contributed by atoms with Crippen molar-refractivity contribution in [1.82, 2.24) is 15.5 Å². The van der Waals surface area contributed by atoms with Gasteiger partial charge in [-0.05, 0) is 43.5 Å². The first-order valence-electron chi connectivity index (χ1n) is 7.23. The average Bonchev–Trinajstić information content (AvgIpc) is 3.18. The van der Waals surface area contributed by atoms with Crippen LogP contribution in [0.25, 0.3) is 0 Å². The smallest absolute Gasteiger partial charge is 0.322 e. The average molecular weight is 286 g/mol. The van der Waals surface area contributed by atoms with Crippen molar-refractivity contribution in [2.75, 3.05) is 11.9 Å². The van der Waals surface area contributed by atoms with E-state index in [1.165, 1.54) is 5.56 Å². The highest BCUT2D eigenvalue weighted by Gasteiger charge is 2.22. The molecule has 0 aliphatic carbocycles. The van der Waals surface area contributed by atoms with E-state index < -0.39 is 0 Å². The predicted octanol–water partition coefficient (Wildman–Crippen LogP) is 2.31. The second-order valence-electron chi connectivity index (χ2n) is 5.10. The highest BCUT2D eigenvalue weighted by Crippen LogP contribution is 2.23. The second kappa shape index (κ2) is 6.05. The molecule has 1 aliphatic heterocycles. The second-order valence-corrected chi connectivity index (χ2v) is 5.10. The molecular formula is C15H18N4O2. The largest absolute Gasteiger partial charge is 0.406 e. The number of anilines is 1. The van der Waals surface area contributed by atoms with Gasteiger partial charge in [0.2, 0.25) is 5.89 Å². The molecular weight excluding hydrogens is 268 g/mol. The third-order valence-corrected chi connectivity index (χ3v) is 3.64. The number of aromatic nitrogens is 2. The maximum absolute atomic E-state index is 12.1. The molecule has 0 bridgehead atoms. The summed E-state index contributed by atoms with van der Waals surface area (Å²) in [6.45, 7) is 3.03. The van der Waals surface area contributed by atoms with Crippen molar-refractivity contribution in [2.45, 2.75) is 32.2 Å². The van der Waals surface area contributed by atoms with E-state index in [1.807, 2.05) is 12.1 Å². The predicted molar refractivity (Wildman–Crippen MR) is 78.0 cm³/mol. The van der Waals surface area contributed by atoms with Gasteiger partial charge in [0.15, 0.2) is 0 Å². The number of rotatable bonds is 4. The van der Waals surface area contributed by atoms with E-state index in [4.69, 9.17) is 4.42 Å². The zero-order valence-corrected chi connectivity index (χ0v) is 11.9. The number of aryl methyl sites for hydroxylation is 1. The van der Waals surface area contributed by atoms with Crippen molar-refractivity contribution >= 4 is 11.9 Å². The third kappa shape index (κ3) is 3.11. The highest BCUT2D eigenvalue weighted by molar-refractivity contribution is 6.03. The lowest BCUT2D eigenvalue weighted by Gasteiger charge is -2.03. The van der Waals surface area contributed by atoms with Gasteiger partial charge in [-0.1, -0.05) is 24.2 Å². The summed E-state index contributed by atoms with van der Waals surface area (Å²) in [6.07, 6.45) is 3.02. The van der Waals surface area contributed by atoms with Gasteiger partial charge in [-0.2, -0.15) is 0 Å². The first kappa shape index (κ1) is 13.8. The van der Waals surface area contributed by atoms with Crippen molar-refractivity contribution in [3.8, 4) is 0 Å². The van der Waals surface area contributed by atoms with E-state index in [0.717, 1.165) is 25.8 Å². The lowest BCUT2D eigenvalue weighted by molar-refractivity contribution is 0.102. The summed E-state index contributed by atoms with van der Waals surface area (Å²) in [4.78, 5) is 12.1. The number of benzene rings is 1. The summed E-state index contributed by atoms with van der Waals surface area (Å²) in [5, 5.41) is 13.8. The van der Waals surface area contributed by atoms with Crippen LogP contribution in [-0.2, 0) is 6.42 Å². The van der Waals surface area contributed by atoms with Gasteiger partial charge in [0.25, 0.3) is 5.91 Å². The number of hydrogen-bond donors (Lipinski definition) is 2. The first-order chi connectivity index (χ1) is 10.3. The van der Waals surface area contributed by atoms with E-state index in [9.17, 15) is 4.79 Å². The Hall–Kier alpha value is -2.21. The molecule has 1 atom stereocenters. The molecule has 1 amide bonds. The van der Waals surface area contributed by atoms with E-state index in [1.54, 1.807) is 12.1 Å². The van der Waals surface area contributed by atoms with Crippen molar-refractivity contribution in [3.63, 3.8) is 0 Å². The van der Waals surface area contributed by atoms with Crippen LogP contribution in [0.5, 0.6) is 0 Å². The third-order valence-electron chi connectivity index (χ3n) is 3.64. The van der Waals surface area contributed by atoms with Gasteiger partial charge in [-0.15, -0.1) is 5.10 Å². The molecule has 3 rings (SSSR count). The monoisotopic (exact) mass is 286 g/mol. The fourth-order valence-corrected chi connectivity index (χ4v) is 2.38. The number of amides is 1. The molecule has 0 radical (unpaired) electrons. The summed E-state index contributed by atoms with van der Waals surface area (Å²) >= 11 is 0. The molecule has 21 heavy (non-hydrogen) atoms. The van der Waals surface area contributed by atoms with Crippen LogP contribution in [0.1, 0.15) is 47.6 Å². The minimum Gasteiger partial charge on any atom is -0.406 e. The van der Waals surface area contributed by atoms with Crippen LogP contribution in [0.2, 0.25) is 0 Å². The number of nitrogens with one attached hydrogen (secondary N) is 2. The van der Waals surface area contributed by atoms with Gasteiger partial charge in [0.1, 0.15) is 0 Å². The topological polar surface area (TPSA) is 80.0 Å².